The first-order valence-electron chi connectivity index (χ1n) is 6.68. The molecule has 6 nitrogen and oxygen atoms in total. The van der Waals surface area contributed by atoms with Crippen LogP contribution in [0.2, 0.25) is 0 Å². The fourth-order valence-corrected chi connectivity index (χ4v) is 2.42. The van der Waals surface area contributed by atoms with Crippen molar-refractivity contribution in [1.82, 2.24) is 10.6 Å². The van der Waals surface area contributed by atoms with E-state index in [9.17, 15) is 18.0 Å². The van der Waals surface area contributed by atoms with Crippen molar-refractivity contribution >= 4 is 21.7 Å². The van der Waals surface area contributed by atoms with Crippen molar-refractivity contribution in [3.8, 4) is 0 Å². The highest BCUT2D eigenvalue weighted by molar-refractivity contribution is 7.91. The van der Waals surface area contributed by atoms with Crippen LogP contribution in [0.1, 0.15) is 27.7 Å². The summed E-state index contributed by atoms with van der Waals surface area (Å²) in [4.78, 5) is 22.6. The maximum atomic E-state index is 11.7. The van der Waals surface area contributed by atoms with Crippen molar-refractivity contribution in [1.29, 1.82) is 0 Å². The van der Waals surface area contributed by atoms with Crippen LogP contribution in [0.3, 0.4) is 0 Å². The fraction of sp³-hybridized carbons (Fsp3) is 0.571. The van der Waals surface area contributed by atoms with E-state index in [1.165, 1.54) is 12.2 Å². The predicted octanol–water partition coefficient (Wildman–Crippen LogP) is 0.566. The first-order chi connectivity index (χ1) is 9.62. The highest BCUT2D eigenvalue weighted by Crippen LogP contribution is 1.91. The van der Waals surface area contributed by atoms with Crippen LogP contribution in [-0.2, 0) is 19.4 Å². The predicted molar refractivity (Wildman–Crippen MR) is 83.5 cm³/mol. The van der Waals surface area contributed by atoms with Crippen LogP contribution in [0.5, 0.6) is 0 Å². The second-order valence-electron chi connectivity index (χ2n) is 5.18. The Morgan fingerprint density at radius 2 is 1.14 bits per heavy atom. The van der Waals surface area contributed by atoms with Crippen LogP contribution in [-0.4, -0.2) is 44.8 Å². The number of sulfone groups is 1. The summed E-state index contributed by atoms with van der Waals surface area (Å²) >= 11 is 0. The van der Waals surface area contributed by atoms with Gasteiger partial charge in [-0.25, -0.2) is 8.42 Å². The Labute approximate surface area is 126 Å². The molecule has 0 saturated heterocycles. The maximum absolute atomic E-state index is 11.7. The minimum Gasteiger partial charge on any atom is -0.352 e. The minimum atomic E-state index is -3.30. The van der Waals surface area contributed by atoms with Gasteiger partial charge in [0.1, 0.15) is 0 Å². The summed E-state index contributed by atoms with van der Waals surface area (Å²) in [5, 5.41) is 5.01. The van der Waals surface area contributed by atoms with Gasteiger partial charge >= 0.3 is 0 Å². The van der Waals surface area contributed by atoms with E-state index in [2.05, 4.69) is 10.6 Å². The first-order valence-corrected chi connectivity index (χ1v) is 8.50. The molecular weight excluding hydrogens is 292 g/mol. The standard InChI is InChI=1S/C14H24N2O4S/c1-11(2)9-13(17)15-5-7-21(19,20)8-6-16-14(18)10-12(3)4/h9-10H,5-8H2,1-4H3,(H,15,17)(H,16,18). The third-order valence-electron chi connectivity index (χ3n) is 2.26. The molecule has 0 aromatic heterocycles. The van der Waals surface area contributed by atoms with Crippen molar-refractivity contribution in [2.75, 3.05) is 24.6 Å². The number of hydrogen-bond donors (Lipinski definition) is 2. The van der Waals surface area contributed by atoms with E-state index in [4.69, 9.17) is 0 Å². The molecule has 2 N–H and O–H groups in total. The fourth-order valence-electron chi connectivity index (χ4n) is 1.39. The lowest BCUT2D eigenvalue weighted by atomic mass is 10.3. The van der Waals surface area contributed by atoms with Gasteiger partial charge in [0.05, 0.1) is 11.5 Å². The Hall–Kier alpha value is -1.63. The largest absolute Gasteiger partial charge is 0.352 e. The average Bonchev–Trinajstić information content (AvgIpc) is 2.25. The van der Waals surface area contributed by atoms with E-state index in [0.717, 1.165) is 11.1 Å². The van der Waals surface area contributed by atoms with E-state index >= 15 is 0 Å². The molecule has 0 aliphatic carbocycles. The minimum absolute atomic E-state index is 0.0624. The summed E-state index contributed by atoms with van der Waals surface area (Å²) in [6.07, 6.45) is 2.82. The smallest absolute Gasteiger partial charge is 0.243 e. The average molecular weight is 316 g/mol. The molecule has 0 aliphatic heterocycles. The molecule has 0 aromatic rings. The molecule has 7 heteroatoms. The van der Waals surface area contributed by atoms with Gasteiger partial charge in [-0.1, -0.05) is 11.1 Å². The zero-order valence-electron chi connectivity index (χ0n) is 13.0. The van der Waals surface area contributed by atoms with Crippen LogP contribution in [0.4, 0.5) is 0 Å². The zero-order valence-corrected chi connectivity index (χ0v) is 13.8. The lowest BCUT2D eigenvalue weighted by molar-refractivity contribution is -0.117. The van der Waals surface area contributed by atoms with E-state index in [1.54, 1.807) is 27.7 Å². The van der Waals surface area contributed by atoms with Crippen molar-refractivity contribution in [2.45, 2.75) is 27.7 Å². The monoisotopic (exact) mass is 316 g/mol. The Balaban J connectivity index is 4.06. The van der Waals surface area contributed by atoms with Crippen LogP contribution >= 0.6 is 0 Å². The number of rotatable bonds is 8. The molecule has 0 heterocycles. The van der Waals surface area contributed by atoms with Crippen LogP contribution in [0.25, 0.3) is 0 Å². The van der Waals surface area contributed by atoms with Crippen molar-refractivity contribution in [3.05, 3.63) is 23.3 Å². The molecule has 0 aromatic carbocycles. The van der Waals surface area contributed by atoms with Gasteiger partial charge < -0.3 is 10.6 Å². The van der Waals surface area contributed by atoms with Gasteiger partial charge in [-0.3, -0.25) is 9.59 Å². The second kappa shape index (κ2) is 9.33. The number of carbonyl (C=O) groups excluding carboxylic acids is 2. The van der Waals surface area contributed by atoms with Gasteiger partial charge in [-0.05, 0) is 27.7 Å². The van der Waals surface area contributed by atoms with Crippen LogP contribution in [0, 0.1) is 0 Å². The Morgan fingerprint density at radius 1 is 0.810 bits per heavy atom. The van der Waals surface area contributed by atoms with E-state index < -0.39 is 9.84 Å². The molecule has 0 rings (SSSR count). The van der Waals surface area contributed by atoms with E-state index in [1.807, 2.05) is 0 Å². The number of hydrogen-bond acceptors (Lipinski definition) is 4. The topological polar surface area (TPSA) is 92.3 Å². The molecule has 120 valence electrons. The summed E-state index contributed by atoms with van der Waals surface area (Å²) in [7, 11) is -3.30. The lowest BCUT2D eigenvalue weighted by Gasteiger charge is -2.06. The summed E-state index contributed by atoms with van der Waals surface area (Å²) in [5.74, 6) is -0.897. The summed E-state index contributed by atoms with van der Waals surface area (Å²) in [6.45, 7) is 7.26. The van der Waals surface area contributed by atoms with Crippen LogP contribution in [0.15, 0.2) is 23.3 Å². The summed E-state index contributed by atoms with van der Waals surface area (Å²) in [6, 6.07) is 0. The van der Waals surface area contributed by atoms with E-state index in [-0.39, 0.29) is 36.4 Å². The molecule has 2 amide bonds. The van der Waals surface area contributed by atoms with Gasteiger partial charge in [0.2, 0.25) is 11.8 Å². The van der Waals surface area contributed by atoms with E-state index in [0.29, 0.717) is 0 Å². The molecule has 0 unspecified atom stereocenters. The van der Waals surface area contributed by atoms with Gasteiger partial charge in [-0.2, -0.15) is 0 Å². The number of nitrogens with one attached hydrogen (secondary N) is 2. The molecular formula is C14H24N2O4S. The van der Waals surface area contributed by atoms with Gasteiger partial charge in [0, 0.05) is 25.2 Å². The molecule has 0 saturated carbocycles. The maximum Gasteiger partial charge on any atom is 0.243 e. The molecule has 21 heavy (non-hydrogen) atoms. The Morgan fingerprint density at radius 3 is 1.43 bits per heavy atom. The van der Waals surface area contributed by atoms with Gasteiger partial charge in [0.15, 0.2) is 9.84 Å². The number of amides is 2. The van der Waals surface area contributed by atoms with Crippen molar-refractivity contribution < 1.29 is 18.0 Å². The lowest BCUT2D eigenvalue weighted by Crippen LogP contribution is -2.32. The first kappa shape index (κ1) is 19.4. The van der Waals surface area contributed by atoms with Crippen molar-refractivity contribution in [3.63, 3.8) is 0 Å². The number of allylic oxidation sites excluding steroid dienone is 2. The van der Waals surface area contributed by atoms with Gasteiger partial charge in [-0.15, -0.1) is 0 Å². The Bertz CT molecular complexity index is 483. The summed E-state index contributed by atoms with van der Waals surface area (Å²) in [5.41, 5.74) is 1.69. The third-order valence-corrected chi connectivity index (χ3v) is 3.92. The quantitative estimate of drug-likeness (QED) is 0.640. The highest BCUT2D eigenvalue weighted by atomic mass is 32.2. The zero-order chi connectivity index (χ0) is 16.5. The number of carbonyl (C=O) groups is 2. The third kappa shape index (κ3) is 11.9. The molecule has 0 bridgehead atoms. The molecule has 0 spiro atoms. The normalized spacial score (nSPS) is 10.5. The van der Waals surface area contributed by atoms with Gasteiger partial charge in [0.25, 0.3) is 0 Å². The molecule has 0 aliphatic rings. The molecule has 0 fully saturated rings. The Kier molecular flexibility index (Phi) is 8.61. The van der Waals surface area contributed by atoms with Crippen LogP contribution < -0.4 is 10.6 Å². The highest BCUT2D eigenvalue weighted by Gasteiger charge is 2.11. The molecule has 0 atom stereocenters. The summed E-state index contributed by atoms with van der Waals surface area (Å²) < 4.78 is 23.4. The van der Waals surface area contributed by atoms with Crippen molar-refractivity contribution in [2.24, 2.45) is 0 Å². The second-order valence-corrected chi connectivity index (χ2v) is 7.48. The SMILES string of the molecule is CC(C)=CC(=O)NCCS(=O)(=O)CCNC(=O)C=C(C)C. The molecule has 0 radical (unpaired) electrons.